The fourth-order valence-electron chi connectivity index (χ4n) is 2.66. The fourth-order valence-corrected chi connectivity index (χ4v) is 3.40. The summed E-state index contributed by atoms with van der Waals surface area (Å²) in [7, 11) is 0. The molecule has 1 atom stereocenters. The number of primary amides is 1. The third-order valence-corrected chi connectivity index (χ3v) is 4.94. The van der Waals surface area contributed by atoms with Crippen LogP contribution in [-0.4, -0.2) is 29.8 Å². The van der Waals surface area contributed by atoms with Gasteiger partial charge in [0.25, 0.3) is 5.91 Å². The Labute approximate surface area is 143 Å². The molecule has 114 valence electrons. The molecule has 1 aromatic carbocycles. The van der Waals surface area contributed by atoms with E-state index in [0.717, 1.165) is 29.4 Å². The average Bonchev–Trinajstić information content (AvgIpc) is 2.47. The molecule has 2 N–H and O–H groups in total. The van der Waals surface area contributed by atoms with Gasteiger partial charge in [-0.25, -0.2) is 0 Å². The van der Waals surface area contributed by atoms with Crippen LogP contribution in [0.25, 0.3) is 0 Å². The lowest BCUT2D eigenvalue weighted by Gasteiger charge is -2.33. The molecule has 0 aliphatic carbocycles. The molecule has 4 nitrogen and oxygen atoms in total. The second-order valence-electron chi connectivity index (χ2n) is 5.39. The lowest BCUT2D eigenvalue weighted by Crippen LogP contribution is -2.40. The Morgan fingerprint density at radius 3 is 2.90 bits per heavy atom. The van der Waals surface area contributed by atoms with Gasteiger partial charge >= 0.3 is 0 Å². The van der Waals surface area contributed by atoms with Crippen molar-refractivity contribution < 1.29 is 9.59 Å². The number of halogens is 2. The average molecular weight is 421 g/mol. The molecule has 1 aliphatic rings. The van der Waals surface area contributed by atoms with Crippen LogP contribution in [0.15, 0.2) is 18.2 Å². The van der Waals surface area contributed by atoms with Gasteiger partial charge in [-0.1, -0.05) is 11.6 Å². The van der Waals surface area contributed by atoms with Gasteiger partial charge in [0.1, 0.15) is 0 Å². The summed E-state index contributed by atoms with van der Waals surface area (Å²) >= 11 is 8.14. The minimum absolute atomic E-state index is 0.0191. The number of nitrogens with zero attached hydrogens (tertiary/aromatic N) is 1. The SMILES string of the molecule is NC(=O)CC[C@@H]1CCCN(C(=O)c2cc(Cl)ccc2I)C1. The van der Waals surface area contributed by atoms with E-state index in [2.05, 4.69) is 22.6 Å². The molecule has 0 radical (unpaired) electrons. The fraction of sp³-hybridized carbons (Fsp3) is 0.467. The molecule has 1 fully saturated rings. The van der Waals surface area contributed by atoms with Crippen molar-refractivity contribution in [2.45, 2.75) is 25.7 Å². The number of benzene rings is 1. The molecule has 0 bridgehead atoms. The highest BCUT2D eigenvalue weighted by molar-refractivity contribution is 14.1. The van der Waals surface area contributed by atoms with Gasteiger partial charge in [-0.3, -0.25) is 9.59 Å². The minimum Gasteiger partial charge on any atom is -0.370 e. The normalized spacial score (nSPS) is 18.6. The predicted molar refractivity (Wildman–Crippen MR) is 91.2 cm³/mol. The van der Waals surface area contributed by atoms with Crippen molar-refractivity contribution >= 4 is 46.0 Å². The number of carbonyl (C=O) groups excluding carboxylic acids is 2. The largest absolute Gasteiger partial charge is 0.370 e. The first-order valence-corrected chi connectivity index (χ1v) is 8.45. The highest BCUT2D eigenvalue weighted by Crippen LogP contribution is 2.25. The highest BCUT2D eigenvalue weighted by atomic mass is 127. The van der Waals surface area contributed by atoms with E-state index in [4.69, 9.17) is 17.3 Å². The Bertz CT molecular complexity index is 550. The van der Waals surface area contributed by atoms with Crippen LogP contribution in [0.5, 0.6) is 0 Å². The van der Waals surface area contributed by atoms with Crippen LogP contribution in [0.3, 0.4) is 0 Å². The summed E-state index contributed by atoms with van der Waals surface area (Å²) in [6, 6.07) is 5.36. The van der Waals surface area contributed by atoms with Crippen molar-refractivity contribution in [2.24, 2.45) is 11.7 Å². The molecule has 1 aliphatic heterocycles. The zero-order valence-corrected chi connectivity index (χ0v) is 14.6. The number of hydrogen-bond acceptors (Lipinski definition) is 2. The van der Waals surface area contributed by atoms with Crippen LogP contribution in [0.4, 0.5) is 0 Å². The zero-order chi connectivity index (χ0) is 15.4. The molecule has 2 rings (SSSR count). The Morgan fingerprint density at radius 1 is 1.43 bits per heavy atom. The third-order valence-electron chi connectivity index (χ3n) is 3.76. The summed E-state index contributed by atoms with van der Waals surface area (Å²) in [5, 5.41) is 0.570. The van der Waals surface area contributed by atoms with E-state index in [1.54, 1.807) is 12.1 Å². The van der Waals surface area contributed by atoms with Crippen LogP contribution in [-0.2, 0) is 4.79 Å². The van der Waals surface area contributed by atoms with Crippen molar-refractivity contribution in [1.82, 2.24) is 4.90 Å². The Balaban J connectivity index is 2.05. The zero-order valence-electron chi connectivity index (χ0n) is 11.6. The molecular formula is C15H18ClIN2O2. The predicted octanol–water partition coefficient (Wildman–Crippen LogP) is 3.06. The maximum absolute atomic E-state index is 12.6. The highest BCUT2D eigenvalue weighted by Gasteiger charge is 2.25. The van der Waals surface area contributed by atoms with E-state index in [1.807, 2.05) is 11.0 Å². The van der Waals surface area contributed by atoms with E-state index >= 15 is 0 Å². The van der Waals surface area contributed by atoms with Gasteiger partial charge in [0.15, 0.2) is 0 Å². The second-order valence-corrected chi connectivity index (χ2v) is 6.99. The summed E-state index contributed by atoms with van der Waals surface area (Å²) < 4.78 is 0.904. The lowest BCUT2D eigenvalue weighted by molar-refractivity contribution is -0.118. The minimum atomic E-state index is -0.275. The van der Waals surface area contributed by atoms with Crippen LogP contribution >= 0.6 is 34.2 Å². The third kappa shape index (κ3) is 4.57. The van der Waals surface area contributed by atoms with Crippen LogP contribution in [0, 0.1) is 9.49 Å². The molecule has 1 heterocycles. The van der Waals surface area contributed by atoms with Gasteiger partial charge in [0.2, 0.25) is 5.91 Å². The van der Waals surface area contributed by atoms with E-state index in [0.29, 0.717) is 29.5 Å². The summed E-state index contributed by atoms with van der Waals surface area (Å²) in [4.78, 5) is 25.4. The smallest absolute Gasteiger partial charge is 0.254 e. The molecule has 0 unspecified atom stereocenters. The molecule has 1 aromatic rings. The number of amides is 2. The van der Waals surface area contributed by atoms with Crippen LogP contribution in [0.2, 0.25) is 5.02 Å². The maximum Gasteiger partial charge on any atom is 0.254 e. The summed E-state index contributed by atoms with van der Waals surface area (Å²) in [5.74, 6) is 0.0977. The monoisotopic (exact) mass is 420 g/mol. The van der Waals surface area contributed by atoms with Crippen molar-refractivity contribution in [1.29, 1.82) is 0 Å². The summed E-state index contributed by atoms with van der Waals surface area (Å²) in [5.41, 5.74) is 5.85. The van der Waals surface area contributed by atoms with E-state index in [9.17, 15) is 9.59 Å². The quantitative estimate of drug-likeness (QED) is 0.761. The lowest BCUT2D eigenvalue weighted by atomic mass is 9.93. The Hall–Kier alpha value is -0.820. The van der Waals surface area contributed by atoms with Crippen molar-refractivity contribution in [3.8, 4) is 0 Å². The number of nitrogens with two attached hydrogens (primary N) is 1. The van der Waals surface area contributed by atoms with Gasteiger partial charge in [0, 0.05) is 28.1 Å². The summed E-state index contributed by atoms with van der Waals surface area (Å²) in [6.45, 7) is 1.45. The number of piperidine rings is 1. The molecule has 21 heavy (non-hydrogen) atoms. The molecule has 0 spiro atoms. The standard InChI is InChI=1S/C15H18ClIN2O2/c16-11-4-5-13(17)12(8-11)15(21)19-7-1-2-10(9-19)3-6-14(18)20/h4-5,8,10H,1-3,6-7,9H2,(H2,18,20)/t10-/m0/s1. The molecule has 0 aromatic heterocycles. The number of hydrogen-bond donors (Lipinski definition) is 1. The van der Waals surface area contributed by atoms with Crippen molar-refractivity contribution in [3.05, 3.63) is 32.4 Å². The first kappa shape index (κ1) is 16.5. The van der Waals surface area contributed by atoms with Crippen molar-refractivity contribution in [3.63, 3.8) is 0 Å². The van der Waals surface area contributed by atoms with Crippen LogP contribution < -0.4 is 5.73 Å². The molecule has 1 saturated heterocycles. The van der Waals surface area contributed by atoms with Crippen LogP contribution in [0.1, 0.15) is 36.0 Å². The van der Waals surface area contributed by atoms with E-state index in [1.165, 1.54) is 0 Å². The van der Waals surface area contributed by atoms with Gasteiger partial charge in [0.05, 0.1) is 5.56 Å². The maximum atomic E-state index is 12.6. The Morgan fingerprint density at radius 2 is 2.19 bits per heavy atom. The van der Waals surface area contributed by atoms with Gasteiger partial charge in [-0.2, -0.15) is 0 Å². The number of rotatable bonds is 4. The summed E-state index contributed by atoms with van der Waals surface area (Å²) in [6.07, 6.45) is 3.16. The van der Waals surface area contributed by atoms with Gasteiger partial charge in [-0.05, 0) is 66.0 Å². The molecular weight excluding hydrogens is 403 g/mol. The Kier molecular flexibility index (Phi) is 5.87. The number of carbonyl (C=O) groups is 2. The van der Waals surface area contributed by atoms with Gasteiger partial charge < -0.3 is 10.6 Å². The van der Waals surface area contributed by atoms with Gasteiger partial charge in [-0.15, -0.1) is 0 Å². The topological polar surface area (TPSA) is 63.4 Å². The number of likely N-dealkylation sites (tertiary alicyclic amines) is 1. The first-order chi connectivity index (χ1) is 9.97. The molecule has 0 saturated carbocycles. The van der Waals surface area contributed by atoms with E-state index < -0.39 is 0 Å². The first-order valence-electron chi connectivity index (χ1n) is 7.00. The molecule has 2 amide bonds. The van der Waals surface area contributed by atoms with E-state index in [-0.39, 0.29) is 11.8 Å². The molecule has 6 heteroatoms. The second kappa shape index (κ2) is 7.45. The van der Waals surface area contributed by atoms with Crippen molar-refractivity contribution in [2.75, 3.05) is 13.1 Å².